The largest absolute Gasteiger partial charge is 0.392 e. The van der Waals surface area contributed by atoms with Gasteiger partial charge in [0.25, 0.3) is 0 Å². The summed E-state index contributed by atoms with van der Waals surface area (Å²) in [5, 5.41) is 13.2. The SMILES string of the molecule is OCc1[c]scc1. The minimum Gasteiger partial charge on any atom is -0.392 e. The summed E-state index contributed by atoms with van der Waals surface area (Å²) < 4.78 is 0. The fraction of sp³-hybridized carbons (Fsp3) is 0.200. The van der Waals surface area contributed by atoms with Crippen LogP contribution in [0.5, 0.6) is 0 Å². The fourth-order valence-electron chi connectivity index (χ4n) is 0.345. The van der Waals surface area contributed by atoms with E-state index in [1.807, 2.05) is 11.4 Å². The van der Waals surface area contributed by atoms with Crippen molar-refractivity contribution in [3.63, 3.8) is 0 Å². The summed E-state index contributed by atoms with van der Waals surface area (Å²) in [6.45, 7) is 0.115. The molecule has 0 aromatic carbocycles. The summed E-state index contributed by atoms with van der Waals surface area (Å²) in [4.78, 5) is 0. The van der Waals surface area contributed by atoms with Crippen molar-refractivity contribution >= 4 is 11.3 Å². The number of aliphatic hydroxyl groups excluding tert-OH is 1. The lowest BCUT2D eigenvalue weighted by molar-refractivity contribution is 0.282. The summed E-state index contributed by atoms with van der Waals surface area (Å²) in [5.41, 5.74) is 0.880. The molecule has 0 aliphatic heterocycles. The third kappa shape index (κ3) is 1.01. The van der Waals surface area contributed by atoms with Gasteiger partial charge in [0.15, 0.2) is 0 Å². The van der Waals surface area contributed by atoms with Crippen LogP contribution in [-0.2, 0) is 6.61 Å². The highest BCUT2D eigenvalue weighted by molar-refractivity contribution is 7.07. The van der Waals surface area contributed by atoms with Crippen molar-refractivity contribution in [1.29, 1.82) is 0 Å². The molecule has 0 saturated carbocycles. The van der Waals surface area contributed by atoms with Gasteiger partial charge in [-0.15, -0.1) is 11.3 Å². The lowest BCUT2D eigenvalue weighted by Gasteiger charge is -1.77. The molecule has 0 unspecified atom stereocenters. The molecule has 0 bridgehead atoms. The molecular formula is C5H5OS. The normalized spacial score (nSPS) is 9.29. The molecule has 0 aliphatic rings. The zero-order valence-electron chi connectivity index (χ0n) is 3.72. The molecule has 1 rings (SSSR count). The third-order valence-corrected chi connectivity index (χ3v) is 1.35. The lowest BCUT2D eigenvalue weighted by atomic mass is 10.4. The van der Waals surface area contributed by atoms with E-state index < -0.39 is 0 Å². The van der Waals surface area contributed by atoms with Crippen molar-refractivity contribution in [2.24, 2.45) is 0 Å². The Balaban J connectivity index is 2.76. The highest BCUT2D eigenvalue weighted by atomic mass is 32.1. The zero-order valence-corrected chi connectivity index (χ0v) is 4.53. The number of hydrogen-bond donors (Lipinski definition) is 1. The van der Waals surface area contributed by atoms with Crippen LogP contribution >= 0.6 is 11.3 Å². The molecule has 1 radical (unpaired) electrons. The van der Waals surface area contributed by atoms with Gasteiger partial charge in [-0.1, -0.05) is 0 Å². The Hall–Kier alpha value is -0.340. The average molecular weight is 113 g/mol. The summed E-state index contributed by atoms with van der Waals surface area (Å²) in [5.74, 6) is 0. The second-order valence-electron chi connectivity index (χ2n) is 1.21. The Morgan fingerprint density at radius 1 is 1.86 bits per heavy atom. The van der Waals surface area contributed by atoms with E-state index in [9.17, 15) is 0 Å². The molecule has 1 aromatic heterocycles. The number of thiophene rings is 1. The van der Waals surface area contributed by atoms with Crippen molar-refractivity contribution in [1.82, 2.24) is 0 Å². The molecule has 0 aliphatic carbocycles. The van der Waals surface area contributed by atoms with Crippen molar-refractivity contribution in [2.75, 3.05) is 0 Å². The third-order valence-electron chi connectivity index (χ3n) is 0.698. The summed E-state index contributed by atoms with van der Waals surface area (Å²) in [6, 6.07) is 1.85. The second-order valence-corrected chi connectivity index (χ2v) is 1.92. The van der Waals surface area contributed by atoms with E-state index in [1.54, 1.807) is 0 Å². The van der Waals surface area contributed by atoms with Crippen molar-refractivity contribution < 1.29 is 5.11 Å². The van der Waals surface area contributed by atoms with Crippen molar-refractivity contribution in [2.45, 2.75) is 6.61 Å². The molecular weight excluding hydrogens is 108 g/mol. The molecule has 1 aromatic rings. The molecule has 2 heteroatoms. The van der Waals surface area contributed by atoms with Crippen LogP contribution < -0.4 is 0 Å². The van der Waals surface area contributed by atoms with E-state index >= 15 is 0 Å². The zero-order chi connectivity index (χ0) is 5.11. The molecule has 1 nitrogen and oxygen atoms in total. The topological polar surface area (TPSA) is 20.2 Å². The maximum Gasteiger partial charge on any atom is 0.0696 e. The van der Waals surface area contributed by atoms with Gasteiger partial charge < -0.3 is 5.11 Å². The molecule has 1 N–H and O–H groups in total. The van der Waals surface area contributed by atoms with Crippen molar-refractivity contribution in [3.8, 4) is 0 Å². The van der Waals surface area contributed by atoms with E-state index in [0.717, 1.165) is 5.56 Å². The van der Waals surface area contributed by atoms with Gasteiger partial charge in [-0.2, -0.15) is 0 Å². The Bertz CT molecular complexity index is 123. The van der Waals surface area contributed by atoms with Gasteiger partial charge in [0.2, 0.25) is 0 Å². The van der Waals surface area contributed by atoms with Gasteiger partial charge in [-0.3, -0.25) is 0 Å². The first-order valence-corrected chi connectivity index (χ1v) is 2.86. The van der Waals surface area contributed by atoms with Crippen LogP contribution in [0, 0.1) is 5.38 Å². The van der Waals surface area contributed by atoms with Gasteiger partial charge >= 0.3 is 0 Å². The van der Waals surface area contributed by atoms with E-state index in [4.69, 9.17) is 5.11 Å². The van der Waals surface area contributed by atoms with Gasteiger partial charge in [-0.25, -0.2) is 0 Å². The lowest BCUT2D eigenvalue weighted by Crippen LogP contribution is -1.72. The maximum atomic E-state index is 8.40. The van der Waals surface area contributed by atoms with Crippen molar-refractivity contribution in [3.05, 3.63) is 22.4 Å². The smallest absolute Gasteiger partial charge is 0.0696 e. The summed E-state index contributed by atoms with van der Waals surface area (Å²) in [6.07, 6.45) is 0. The monoisotopic (exact) mass is 113 g/mol. The number of hydrogen-bond acceptors (Lipinski definition) is 2. The van der Waals surface area contributed by atoms with E-state index in [1.165, 1.54) is 11.3 Å². The highest BCUT2D eigenvalue weighted by Gasteiger charge is 1.84. The first-order chi connectivity index (χ1) is 3.43. The maximum absolute atomic E-state index is 8.40. The predicted molar refractivity (Wildman–Crippen MR) is 29.1 cm³/mol. The van der Waals surface area contributed by atoms with Gasteiger partial charge in [0, 0.05) is 0 Å². The Morgan fingerprint density at radius 3 is 3.00 bits per heavy atom. The van der Waals surface area contributed by atoms with Crippen LogP contribution in [0.15, 0.2) is 11.4 Å². The van der Waals surface area contributed by atoms with Crippen LogP contribution in [0.25, 0.3) is 0 Å². The molecule has 0 spiro atoms. The van der Waals surface area contributed by atoms with E-state index in [2.05, 4.69) is 5.38 Å². The highest BCUT2D eigenvalue weighted by Crippen LogP contribution is 2.02. The van der Waals surface area contributed by atoms with Crippen LogP contribution in [0.2, 0.25) is 0 Å². The first-order valence-electron chi connectivity index (χ1n) is 1.98. The van der Waals surface area contributed by atoms with E-state index in [0.29, 0.717) is 0 Å². The quantitative estimate of drug-likeness (QED) is 0.577. The molecule has 0 amide bonds. The van der Waals surface area contributed by atoms with Crippen LogP contribution in [-0.4, -0.2) is 5.11 Å². The van der Waals surface area contributed by atoms with Gasteiger partial charge in [0.05, 0.1) is 12.0 Å². The molecule has 0 atom stereocenters. The van der Waals surface area contributed by atoms with Crippen LogP contribution in [0.1, 0.15) is 5.56 Å². The van der Waals surface area contributed by atoms with Gasteiger partial charge in [0.1, 0.15) is 0 Å². The average Bonchev–Trinajstić information content (AvgIpc) is 2.14. The van der Waals surface area contributed by atoms with E-state index in [-0.39, 0.29) is 6.61 Å². The minimum absolute atomic E-state index is 0.115. The Kier molecular flexibility index (Phi) is 1.44. The molecule has 0 fully saturated rings. The number of aliphatic hydroxyl groups is 1. The van der Waals surface area contributed by atoms with Crippen LogP contribution in [0.3, 0.4) is 0 Å². The second kappa shape index (κ2) is 2.09. The molecule has 1 heterocycles. The first kappa shape index (κ1) is 4.81. The van der Waals surface area contributed by atoms with Gasteiger partial charge in [-0.05, 0) is 17.0 Å². The van der Waals surface area contributed by atoms with Crippen LogP contribution in [0.4, 0.5) is 0 Å². The molecule has 7 heavy (non-hydrogen) atoms. The predicted octanol–water partition coefficient (Wildman–Crippen LogP) is 1.04. The number of rotatable bonds is 1. The Morgan fingerprint density at radius 2 is 2.71 bits per heavy atom. The minimum atomic E-state index is 0.115. The summed E-state index contributed by atoms with van der Waals surface area (Å²) >= 11 is 1.48. The molecule has 37 valence electrons. The standard InChI is InChI=1S/C5H5OS/c6-3-5-1-2-7-4-5/h1-2,6H,3H2. The fourth-order valence-corrected chi connectivity index (χ4v) is 0.929. The summed E-state index contributed by atoms with van der Waals surface area (Å²) in [7, 11) is 0. The Labute approximate surface area is 46.2 Å². The molecule has 0 saturated heterocycles.